The molecule has 0 aliphatic heterocycles. The molecule has 2 nitrogen and oxygen atoms in total. The molecule has 0 amide bonds. The van der Waals surface area contributed by atoms with E-state index in [9.17, 15) is 4.79 Å². The Bertz CT molecular complexity index is 339. The van der Waals surface area contributed by atoms with Gasteiger partial charge in [0.05, 0.1) is 13.5 Å². The van der Waals surface area contributed by atoms with Crippen LogP contribution in [0, 0.1) is 6.92 Å². The zero-order valence-corrected chi connectivity index (χ0v) is 13.1. The number of hydrogen-bond acceptors (Lipinski definition) is 2. The fraction of sp³-hybridized carbons (Fsp3) is 0.417. The number of carbonyl (C=O) groups is 1. The topological polar surface area (TPSA) is 26.3 Å². The number of esters is 1. The molecule has 0 saturated carbocycles. The summed E-state index contributed by atoms with van der Waals surface area (Å²) >= 11 is 6.85. The minimum absolute atomic E-state index is 0.229. The van der Waals surface area contributed by atoms with E-state index in [1.54, 1.807) is 0 Å². The lowest BCUT2D eigenvalue weighted by atomic mass is 10.1. The molecular weight excluding hydrogens is 336 g/mol. The van der Waals surface area contributed by atoms with E-state index in [-0.39, 0.29) is 5.97 Å². The second kappa shape index (κ2) is 7.85. The van der Waals surface area contributed by atoms with E-state index in [4.69, 9.17) is 0 Å². The summed E-state index contributed by atoms with van der Waals surface area (Å²) in [6.07, 6.45) is 0.300. The summed E-state index contributed by atoms with van der Waals surface area (Å²) < 4.78 is 6.58. The molecule has 0 radical (unpaired) electrons. The van der Waals surface area contributed by atoms with Gasteiger partial charge in [0.2, 0.25) is 0 Å². The number of methoxy groups -OCH3 is 1. The third kappa shape index (κ3) is 4.66. The SMILES string of the molecule is CC.COC(=O)Cc1cc(Br)c(C)c(Br)c1. The number of carbonyl (C=O) groups excluding carboxylic acids is 1. The highest BCUT2D eigenvalue weighted by atomic mass is 79.9. The van der Waals surface area contributed by atoms with Gasteiger partial charge in [-0.15, -0.1) is 0 Å². The van der Waals surface area contributed by atoms with Crippen LogP contribution in [0.15, 0.2) is 21.1 Å². The molecule has 0 heterocycles. The zero-order valence-electron chi connectivity index (χ0n) is 9.93. The smallest absolute Gasteiger partial charge is 0.309 e. The molecule has 4 heteroatoms. The molecule has 0 spiro atoms. The van der Waals surface area contributed by atoms with E-state index < -0.39 is 0 Å². The third-order valence-electron chi connectivity index (χ3n) is 1.92. The second-order valence-corrected chi connectivity index (χ2v) is 4.65. The Balaban J connectivity index is 0.00000106. The summed E-state index contributed by atoms with van der Waals surface area (Å²) in [6.45, 7) is 6.00. The van der Waals surface area contributed by atoms with Crippen LogP contribution in [0.2, 0.25) is 0 Å². The molecule has 0 aliphatic carbocycles. The highest BCUT2D eigenvalue weighted by Gasteiger charge is 2.07. The Kier molecular flexibility index (Phi) is 7.68. The van der Waals surface area contributed by atoms with Gasteiger partial charge in [0.15, 0.2) is 0 Å². The van der Waals surface area contributed by atoms with Crippen molar-refractivity contribution in [3.05, 3.63) is 32.2 Å². The number of rotatable bonds is 2. The van der Waals surface area contributed by atoms with Gasteiger partial charge in [0.1, 0.15) is 0 Å². The molecule has 0 aromatic heterocycles. The molecule has 90 valence electrons. The van der Waals surface area contributed by atoms with Crippen molar-refractivity contribution in [1.82, 2.24) is 0 Å². The van der Waals surface area contributed by atoms with Gasteiger partial charge in [-0.25, -0.2) is 0 Å². The molecule has 0 bridgehead atoms. The van der Waals surface area contributed by atoms with Gasteiger partial charge in [0.25, 0.3) is 0 Å². The molecule has 0 atom stereocenters. The van der Waals surface area contributed by atoms with Crippen LogP contribution in [0.5, 0.6) is 0 Å². The zero-order chi connectivity index (χ0) is 12.7. The Morgan fingerprint density at radius 1 is 1.25 bits per heavy atom. The van der Waals surface area contributed by atoms with Crippen molar-refractivity contribution in [2.75, 3.05) is 7.11 Å². The van der Waals surface area contributed by atoms with E-state index in [2.05, 4.69) is 36.6 Å². The molecule has 0 saturated heterocycles. The predicted molar refractivity (Wildman–Crippen MR) is 73.6 cm³/mol. The molecule has 0 N–H and O–H groups in total. The van der Waals surface area contributed by atoms with Gasteiger partial charge in [0, 0.05) is 8.95 Å². The van der Waals surface area contributed by atoms with Crippen LogP contribution in [0.1, 0.15) is 25.0 Å². The number of benzene rings is 1. The maximum Gasteiger partial charge on any atom is 0.309 e. The van der Waals surface area contributed by atoms with Crippen LogP contribution in [-0.2, 0) is 16.0 Å². The van der Waals surface area contributed by atoms with Crippen molar-refractivity contribution in [3.8, 4) is 0 Å². The van der Waals surface area contributed by atoms with Crippen LogP contribution >= 0.6 is 31.9 Å². The van der Waals surface area contributed by atoms with E-state index in [0.717, 1.165) is 20.1 Å². The largest absolute Gasteiger partial charge is 0.469 e. The standard InChI is InChI=1S/C10H10Br2O2.C2H6/c1-6-8(11)3-7(4-9(6)12)5-10(13)14-2;1-2/h3-4H,5H2,1-2H3;1-2H3. The number of ether oxygens (including phenoxy) is 1. The summed E-state index contributed by atoms with van der Waals surface area (Å²) in [5.74, 6) is -0.229. The Morgan fingerprint density at radius 2 is 1.69 bits per heavy atom. The molecule has 0 fully saturated rings. The fourth-order valence-electron chi connectivity index (χ4n) is 1.04. The Morgan fingerprint density at radius 3 is 2.06 bits per heavy atom. The van der Waals surface area contributed by atoms with Crippen LogP contribution < -0.4 is 0 Å². The monoisotopic (exact) mass is 350 g/mol. The molecule has 0 unspecified atom stereocenters. The first-order chi connectivity index (χ1) is 7.54. The predicted octanol–water partition coefficient (Wildman–Crippen LogP) is 4.26. The summed E-state index contributed by atoms with van der Waals surface area (Å²) in [5.41, 5.74) is 2.06. The van der Waals surface area contributed by atoms with Crippen LogP contribution in [-0.4, -0.2) is 13.1 Å². The first-order valence-electron chi connectivity index (χ1n) is 5.06. The lowest BCUT2D eigenvalue weighted by Gasteiger charge is -2.05. The molecule has 1 aromatic rings. The molecule has 1 aromatic carbocycles. The van der Waals surface area contributed by atoms with Crippen molar-refractivity contribution in [2.45, 2.75) is 27.2 Å². The maximum atomic E-state index is 11.0. The van der Waals surface area contributed by atoms with E-state index in [1.807, 2.05) is 32.9 Å². The summed E-state index contributed by atoms with van der Waals surface area (Å²) in [5, 5.41) is 0. The van der Waals surface area contributed by atoms with Crippen molar-refractivity contribution in [1.29, 1.82) is 0 Å². The van der Waals surface area contributed by atoms with Crippen molar-refractivity contribution >= 4 is 37.8 Å². The van der Waals surface area contributed by atoms with Crippen LogP contribution in [0.3, 0.4) is 0 Å². The minimum Gasteiger partial charge on any atom is -0.469 e. The summed E-state index contributed by atoms with van der Waals surface area (Å²) in [6, 6.07) is 3.86. The van der Waals surface area contributed by atoms with Gasteiger partial charge in [-0.1, -0.05) is 45.7 Å². The lowest BCUT2D eigenvalue weighted by Crippen LogP contribution is -2.04. The minimum atomic E-state index is -0.229. The average Bonchev–Trinajstić information content (AvgIpc) is 2.28. The highest BCUT2D eigenvalue weighted by molar-refractivity contribution is 9.11. The Hall–Kier alpha value is -0.350. The van der Waals surface area contributed by atoms with Crippen LogP contribution in [0.25, 0.3) is 0 Å². The highest BCUT2D eigenvalue weighted by Crippen LogP contribution is 2.26. The van der Waals surface area contributed by atoms with Crippen molar-refractivity contribution in [3.63, 3.8) is 0 Å². The first kappa shape index (κ1) is 15.7. The molecule has 0 aliphatic rings. The maximum absolute atomic E-state index is 11.0. The normalized spacial score (nSPS) is 9.12. The van der Waals surface area contributed by atoms with Crippen molar-refractivity contribution < 1.29 is 9.53 Å². The number of hydrogen-bond donors (Lipinski definition) is 0. The van der Waals surface area contributed by atoms with E-state index in [0.29, 0.717) is 6.42 Å². The molecule has 1 rings (SSSR count). The van der Waals surface area contributed by atoms with Gasteiger partial charge in [-0.3, -0.25) is 4.79 Å². The lowest BCUT2D eigenvalue weighted by molar-refractivity contribution is -0.139. The van der Waals surface area contributed by atoms with Crippen molar-refractivity contribution in [2.24, 2.45) is 0 Å². The van der Waals surface area contributed by atoms with Crippen LogP contribution in [0.4, 0.5) is 0 Å². The molecular formula is C12H16Br2O2. The third-order valence-corrected chi connectivity index (χ3v) is 3.56. The second-order valence-electron chi connectivity index (χ2n) is 2.94. The quantitative estimate of drug-likeness (QED) is 0.744. The summed E-state index contributed by atoms with van der Waals surface area (Å²) in [4.78, 5) is 11.0. The van der Waals surface area contributed by atoms with Gasteiger partial charge in [-0.2, -0.15) is 0 Å². The Labute approximate surface area is 114 Å². The van der Waals surface area contributed by atoms with Gasteiger partial charge >= 0.3 is 5.97 Å². The van der Waals surface area contributed by atoms with E-state index in [1.165, 1.54) is 7.11 Å². The fourth-order valence-corrected chi connectivity index (χ4v) is 2.32. The number of halogens is 2. The average molecular weight is 352 g/mol. The summed E-state index contributed by atoms with van der Waals surface area (Å²) in [7, 11) is 1.39. The van der Waals surface area contributed by atoms with Gasteiger partial charge in [-0.05, 0) is 30.2 Å². The first-order valence-corrected chi connectivity index (χ1v) is 6.64. The van der Waals surface area contributed by atoms with E-state index >= 15 is 0 Å². The van der Waals surface area contributed by atoms with Gasteiger partial charge < -0.3 is 4.74 Å². The molecule has 16 heavy (non-hydrogen) atoms.